The summed E-state index contributed by atoms with van der Waals surface area (Å²) in [6.45, 7) is 2.94. The van der Waals surface area contributed by atoms with Crippen LogP contribution in [0, 0.1) is 11.7 Å². The summed E-state index contributed by atoms with van der Waals surface area (Å²) in [5, 5.41) is 3.11. The topological polar surface area (TPSA) is 32.3 Å². The molecule has 0 aromatic heterocycles. The van der Waals surface area contributed by atoms with Gasteiger partial charge in [-0.2, -0.15) is 0 Å². The second-order valence-corrected chi connectivity index (χ2v) is 4.78. The number of amides is 1. The van der Waals surface area contributed by atoms with Gasteiger partial charge in [0.1, 0.15) is 5.82 Å². The molecule has 3 rings (SSSR count). The minimum absolute atomic E-state index is 0.150. The Morgan fingerprint density at radius 3 is 2.88 bits per heavy atom. The summed E-state index contributed by atoms with van der Waals surface area (Å²) in [6, 6.07) is 4.85. The summed E-state index contributed by atoms with van der Waals surface area (Å²) in [6.07, 6.45) is 0.763. The number of fused-ring (bicyclic) bond motifs is 1. The highest BCUT2D eigenvalue weighted by Gasteiger charge is 2.30. The minimum Gasteiger partial charge on any atom is -0.338 e. The van der Waals surface area contributed by atoms with Crippen molar-refractivity contribution in [2.45, 2.75) is 13.0 Å². The van der Waals surface area contributed by atoms with Crippen LogP contribution in [0.25, 0.3) is 0 Å². The number of carbonyl (C=O) groups excluding carboxylic acids is 1. The molecule has 0 atom stereocenters. The molecule has 0 saturated carbocycles. The largest absolute Gasteiger partial charge is 0.338 e. The van der Waals surface area contributed by atoms with Gasteiger partial charge in [-0.15, -0.1) is 0 Å². The number of hydrogen-bond donors (Lipinski definition) is 1. The second kappa shape index (κ2) is 4.11. The first-order chi connectivity index (χ1) is 8.24. The number of hydrogen-bond acceptors (Lipinski definition) is 2. The summed E-state index contributed by atoms with van der Waals surface area (Å²) in [5.74, 6) is 0.197. The highest BCUT2D eigenvalue weighted by atomic mass is 19.1. The van der Waals surface area contributed by atoms with Crippen LogP contribution >= 0.6 is 0 Å². The van der Waals surface area contributed by atoms with Crippen molar-refractivity contribution in [1.82, 2.24) is 10.2 Å². The molecule has 1 saturated heterocycles. The zero-order valence-electron chi connectivity index (χ0n) is 9.58. The van der Waals surface area contributed by atoms with Crippen LogP contribution in [0.3, 0.4) is 0 Å². The Morgan fingerprint density at radius 1 is 1.35 bits per heavy atom. The van der Waals surface area contributed by atoms with Gasteiger partial charge in [0, 0.05) is 26.2 Å². The van der Waals surface area contributed by atoms with E-state index in [1.54, 1.807) is 12.1 Å². The molecule has 3 nitrogen and oxygen atoms in total. The third kappa shape index (κ3) is 1.93. The molecule has 2 aliphatic rings. The van der Waals surface area contributed by atoms with Crippen LogP contribution in [0.5, 0.6) is 0 Å². The quantitative estimate of drug-likeness (QED) is 0.784. The molecule has 90 valence electrons. The molecular formula is C13H15FN2O. The highest BCUT2D eigenvalue weighted by molar-refractivity contribution is 5.80. The van der Waals surface area contributed by atoms with E-state index in [0.717, 1.165) is 30.6 Å². The van der Waals surface area contributed by atoms with E-state index in [9.17, 15) is 9.18 Å². The molecule has 0 aliphatic carbocycles. The molecule has 1 aromatic carbocycles. The lowest BCUT2D eigenvalue weighted by Crippen LogP contribution is -2.52. The molecule has 17 heavy (non-hydrogen) atoms. The van der Waals surface area contributed by atoms with Crippen molar-refractivity contribution >= 4 is 5.91 Å². The Bertz CT molecular complexity index is 457. The zero-order chi connectivity index (χ0) is 11.8. The summed E-state index contributed by atoms with van der Waals surface area (Å²) in [5.41, 5.74) is 2.12. The van der Waals surface area contributed by atoms with Crippen molar-refractivity contribution in [3.05, 3.63) is 35.1 Å². The number of rotatable bonds is 1. The van der Waals surface area contributed by atoms with Crippen molar-refractivity contribution < 1.29 is 9.18 Å². The molecule has 1 fully saturated rings. The molecular weight excluding hydrogens is 219 g/mol. The second-order valence-electron chi connectivity index (χ2n) is 4.78. The van der Waals surface area contributed by atoms with E-state index in [2.05, 4.69) is 5.32 Å². The van der Waals surface area contributed by atoms with Crippen molar-refractivity contribution in [3.63, 3.8) is 0 Å². The van der Waals surface area contributed by atoms with Gasteiger partial charge in [-0.1, -0.05) is 6.07 Å². The summed E-state index contributed by atoms with van der Waals surface area (Å²) in [4.78, 5) is 14.0. The fraction of sp³-hybridized carbons (Fsp3) is 0.462. The van der Waals surface area contributed by atoms with E-state index in [1.165, 1.54) is 6.07 Å². The van der Waals surface area contributed by atoms with E-state index in [0.29, 0.717) is 13.1 Å². The molecule has 2 heterocycles. The Morgan fingerprint density at radius 2 is 2.18 bits per heavy atom. The number of benzene rings is 1. The van der Waals surface area contributed by atoms with Crippen molar-refractivity contribution in [2.75, 3.05) is 19.6 Å². The van der Waals surface area contributed by atoms with Crippen molar-refractivity contribution in [1.29, 1.82) is 0 Å². The van der Waals surface area contributed by atoms with Gasteiger partial charge in [0.05, 0.1) is 5.92 Å². The van der Waals surface area contributed by atoms with Gasteiger partial charge >= 0.3 is 0 Å². The maximum absolute atomic E-state index is 13.1. The van der Waals surface area contributed by atoms with Gasteiger partial charge < -0.3 is 10.2 Å². The molecule has 2 aliphatic heterocycles. The van der Waals surface area contributed by atoms with E-state index in [4.69, 9.17) is 0 Å². The van der Waals surface area contributed by atoms with E-state index >= 15 is 0 Å². The van der Waals surface area contributed by atoms with E-state index in [-0.39, 0.29) is 17.6 Å². The first-order valence-corrected chi connectivity index (χ1v) is 6.01. The van der Waals surface area contributed by atoms with Crippen LogP contribution in [-0.2, 0) is 17.8 Å². The van der Waals surface area contributed by atoms with Crippen LogP contribution in [0.4, 0.5) is 4.39 Å². The van der Waals surface area contributed by atoms with E-state index < -0.39 is 0 Å². The summed E-state index contributed by atoms with van der Waals surface area (Å²) in [7, 11) is 0. The van der Waals surface area contributed by atoms with Gasteiger partial charge in [-0.25, -0.2) is 4.39 Å². The maximum Gasteiger partial charge on any atom is 0.228 e. The SMILES string of the molecule is O=C(C1CNC1)N1CCc2cc(F)ccc2C1. The standard InChI is InChI=1S/C13H15FN2O/c14-12-2-1-10-8-16(4-3-9(10)5-12)13(17)11-6-15-7-11/h1-2,5,11,15H,3-4,6-8H2. The van der Waals surface area contributed by atoms with Crippen molar-refractivity contribution in [2.24, 2.45) is 5.92 Å². The molecule has 1 aromatic rings. The van der Waals surface area contributed by atoms with Crippen LogP contribution in [0.2, 0.25) is 0 Å². The Hall–Kier alpha value is -1.42. The molecule has 1 N–H and O–H groups in total. The number of halogens is 1. The first kappa shape index (κ1) is 10.7. The first-order valence-electron chi connectivity index (χ1n) is 6.01. The smallest absolute Gasteiger partial charge is 0.228 e. The Balaban J connectivity index is 1.76. The Labute approximate surface area is 99.6 Å². The summed E-state index contributed by atoms with van der Waals surface area (Å²) >= 11 is 0. The minimum atomic E-state index is -0.188. The number of carbonyl (C=O) groups is 1. The number of nitrogens with one attached hydrogen (secondary N) is 1. The van der Waals surface area contributed by atoms with Crippen LogP contribution in [0.15, 0.2) is 18.2 Å². The molecule has 1 amide bonds. The average Bonchev–Trinajstić information content (AvgIpc) is 2.26. The van der Waals surface area contributed by atoms with Gasteiger partial charge in [0.2, 0.25) is 5.91 Å². The lowest BCUT2D eigenvalue weighted by Gasteiger charge is -2.35. The molecule has 0 spiro atoms. The molecule has 0 unspecified atom stereocenters. The lowest BCUT2D eigenvalue weighted by molar-refractivity contribution is -0.138. The van der Waals surface area contributed by atoms with Gasteiger partial charge in [0.25, 0.3) is 0 Å². The summed E-state index contributed by atoms with van der Waals surface area (Å²) < 4.78 is 13.1. The average molecular weight is 234 g/mol. The van der Waals surface area contributed by atoms with Gasteiger partial charge in [0.15, 0.2) is 0 Å². The monoisotopic (exact) mass is 234 g/mol. The predicted octanol–water partition coefficient (Wildman–Crippen LogP) is 0.930. The molecule has 0 radical (unpaired) electrons. The number of nitrogens with zero attached hydrogens (tertiary/aromatic N) is 1. The van der Waals surface area contributed by atoms with Gasteiger partial charge in [-0.3, -0.25) is 4.79 Å². The maximum atomic E-state index is 13.1. The van der Waals surface area contributed by atoms with E-state index in [1.807, 2.05) is 4.90 Å². The Kier molecular flexibility index (Phi) is 2.59. The highest BCUT2D eigenvalue weighted by Crippen LogP contribution is 2.22. The zero-order valence-corrected chi connectivity index (χ0v) is 9.58. The normalized spacial score (nSPS) is 19.7. The van der Waals surface area contributed by atoms with Gasteiger partial charge in [-0.05, 0) is 29.7 Å². The van der Waals surface area contributed by atoms with Crippen LogP contribution in [-0.4, -0.2) is 30.4 Å². The molecule has 4 heteroatoms. The fourth-order valence-corrected chi connectivity index (χ4v) is 2.43. The van der Waals surface area contributed by atoms with Crippen LogP contribution in [0.1, 0.15) is 11.1 Å². The third-order valence-corrected chi connectivity index (χ3v) is 3.62. The van der Waals surface area contributed by atoms with Crippen LogP contribution < -0.4 is 5.32 Å². The predicted molar refractivity (Wildman–Crippen MR) is 61.9 cm³/mol. The molecule has 0 bridgehead atoms. The third-order valence-electron chi connectivity index (χ3n) is 3.62. The van der Waals surface area contributed by atoms with Crippen molar-refractivity contribution in [3.8, 4) is 0 Å². The fourth-order valence-electron chi connectivity index (χ4n) is 2.43. The lowest BCUT2D eigenvalue weighted by atomic mass is 9.96.